The topological polar surface area (TPSA) is 71.1 Å². The van der Waals surface area contributed by atoms with Gasteiger partial charge in [0.05, 0.1) is 22.5 Å². The number of aromatic nitrogens is 1. The van der Waals surface area contributed by atoms with Crippen molar-refractivity contribution in [1.82, 2.24) is 10.3 Å². The van der Waals surface area contributed by atoms with Gasteiger partial charge >= 0.3 is 24.2 Å². The van der Waals surface area contributed by atoms with E-state index in [9.17, 15) is 53.5 Å². The van der Waals surface area contributed by atoms with Crippen molar-refractivity contribution in [2.45, 2.75) is 24.2 Å². The monoisotopic (exact) mass is 679 g/mol. The van der Waals surface area contributed by atoms with Crippen LogP contribution >= 0.6 is 27.5 Å². The highest BCUT2D eigenvalue weighted by molar-refractivity contribution is 9.10. The summed E-state index contributed by atoms with van der Waals surface area (Å²) in [6.07, 6.45) is -19.0. The van der Waals surface area contributed by atoms with Gasteiger partial charge in [0, 0.05) is 28.2 Å². The molecule has 0 saturated heterocycles. The number of carbonyl (C=O) groups excluding carboxylic acids is 2. The molecular weight excluding hydrogens is 668 g/mol. The molecule has 220 valence electrons. The number of carbonyl (C=O) groups is 2. The van der Waals surface area contributed by atoms with E-state index in [1.54, 1.807) is 5.32 Å². The van der Waals surface area contributed by atoms with Crippen LogP contribution in [0, 0.1) is 0 Å². The summed E-state index contributed by atoms with van der Waals surface area (Å²) in [6.45, 7) is 0. The van der Waals surface area contributed by atoms with E-state index in [0.717, 1.165) is 12.1 Å². The van der Waals surface area contributed by atoms with Crippen LogP contribution in [0.5, 0.6) is 0 Å². The average Bonchev–Trinajstić information content (AvgIpc) is 2.86. The summed E-state index contributed by atoms with van der Waals surface area (Å²) in [6, 6.07) is 6.62. The molecule has 41 heavy (non-hydrogen) atoms. The van der Waals surface area contributed by atoms with E-state index in [2.05, 4.69) is 26.2 Å². The van der Waals surface area contributed by atoms with Gasteiger partial charge in [-0.05, 0) is 52.3 Å². The van der Waals surface area contributed by atoms with Crippen LogP contribution in [0.3, 0.4) is 0 Å². The molecule has 0 unspecified atom stereocenters. The molecule has 0 saturated carbocycles. The maximum Gasteiger partial charge on any atom is 0.435 e. The molecule has 0 spiro atoms. The number of rotatable bonds is 5. The second-order valence-electron chi connectivity index (χ2n) is 8.18. The number of alkyl halides is 10. The van der Waals surface area contributed by atoms with Crippen molar-refractivity contribution in [2.75, 3.05) is 12.4 Å². The van der Waals surface area contributed by atoms with Gasteiger partial charge in [-0.1, -0.05) is 23.7 Å². The molecule has 17 heteroatoms. The summed E-state index contributed by atoms with van der Waals surface area (Å²) in [5.41, 5.74) is -12.3. The Morgan fingerprint density at radius 3 is 2.00 bits per heavy atom. The van der Waals surface area contributed by atoms with Gasteiger partial charge in [0.1, 0.15) is 5.15 Å². The third kappa shape index (κ3) is 6.27. The minimum Gasteiger partial charge on any atom is -0.355 e. The summed E-state index contributed by atoms with van der Waals surface area (Å²) >= 11 is 8.33. The third-order valence-corrected chi connectivity index (χ3v) is 6.38. The van der Waals surface area contributed by atoms with Crippen molar-refractivity contribution < 1.29 is 53.5 Å². The Labute approximate surface area is 237 Å². The van der Waals surface area contributed by atoms with Crippen LogP contribution in [0.2, 0.25) is 5.15 Å². The molecule has 0 bridgehead atoms. The number of benzene rings is 2. The number of nitrogens with one attached hydrogen (secondary N) is 2. The van der Waals surface area contributed by atoms with E-state index in [-0.39, 0.29) is 33.6 Å². The first-order valence-corrected chi connectivity index (χ1v) is 11.9. The highest BCUT2D eigenvalue weighted by atomic mass is 79.9. The number of pyridine rings is 1. The van der Waals surface area contributed by atoms with Crippen molar-refractivity contribution in [3.8, 4) is 11.3 Å². The molecule has 2 N–H and O–H groups in total. The molecule has 3 rings (SSSR count). The van der Waals surface area contributed by atoms with Crippen LogP contribution < -0.4 is 10.6 Å². The second-order valence-corrected chi connectivity index (χ2v) is 9.42. The van der Waals surface area contributed by atoms with Gasteiger partial charge in [-0.15, -0.1) is 0 Å². The standard InChI is InChI=1S/C24H13BrClF10N3O2/c1-37-20(41)13-5-6-16(26)38-17(13)10-3-2-4-11(7-10)19(40)39-18-14(22(28,29)30)8-12(9-15(18)25)21(27,23(31,32)33)24(34,35)36/h2-9H,1H3,(H,37,41)(H,39,40). The van der Waals surface area contributed by atoms with Crippen molar-refractivity contribution in [1.29, 1.82) is 0 Å². The van der Waals surface area contributed by atoms with Crippen molar-refractivity contribution in [3.63, 3.8) is 0 Å². The number of amides is 2. The SMILES string of the molecule is CNC(=O)c1ccc(Cl)nc1-c1cccc(C(=O)Nc2c(Br)cc(C(F)(C(F)(F)F)C(F)(F)F)cc2C(F)(F)F)c1. The highest BCUT2D eigenvalue weighted by Gasteiger charge is 2.73. The van der Waals surface area contributed by atoms with Crippen molar-refractivity contribution in [3.05, 3.63) is 80.4 Å². The smallest absolute Gasteiger partial charge is 0.355 e. The molecule has 0 aliphatic heterocycles. The molecule has 2 aromatic carbocycles. The summed E-state index contributed by atoms with van der Waals surface area (Å²) in [5.74, 6) is -1.90. The zero-order chi connectivity index (χ0) is 31.1. The number of hydrogen-bond acceptors (Lipinski definition) is 3. The van der Waals surface area contributed by atoms with Crippen LogP contribution in [0.15, 0.2) is 53.0 Å². The lowest BCUT2D eigenvalue weighted by atomic mass is 9.92. The quantitative estimate of drug-likeness (QED) is 0.212. The Morgan fingerprint density at radius 2 is 1.46 bits per heavy atom. The van der Waals surface area contributed by atoms with E-state index in [0.29, 0.717) is 0 Å². The summed E-state index contributed by atoms with van der Waals surface area (Å²) in [5, 5.41) is 4.09. The van der Waals surface area contributed by atoms with E-state index in [1.165, 1.54) is 31.3 Å². The Hall–Kier alpha value is -3.40. The lowest BCUT2D eigenvalue weighted by Crippen LogP contribution is -2.50. The Balaban J connectivity index is 2.12. The number of halogens is 12. The van der Waals surface area contributed by atoms with Crippen LogP contribution in [0.4, 0.5) is 49.6 Å². The largest absolute Gasteiger partial charge is 0.435 e. The van der Waals surface area contributed by atoms with Gasteiger partial charge in [0.2, 0.25) is 0 Å². The number of hydrogen-bond donors (Lipinski definition) is 2. The first-order chi connectivity index (χ1) is 18.7. The predicted octanol–water partition coefficient (Wildman–Crippen LogP) is 8.08. The normalized spacial score (nSPS) is 12.7. The van der Waals surface area contributed by atoms with Gasteiger partial charge in [-0.3, -0.25) is 9.59 Å². The third-order valence-electron chi connectivity index (χ3n) is 5.54. The molecule has 2 amide bonds. The molecule has 3 aromatic rings. The summed E-state index contributed by atoms with van der Waals surface area (Å²) < 4.78 is 134. The first kappa shape index (κ1) is 32.1. The van der Waals surface area contributed by atoms with E-state index >= 15 is 0 Å². The fourth-order valence-electron chi connectivity index (χ4n) is 3.61. The Morgan fingerprint density at radius 1 is 0.854 bits per heavy atom. The predicted molar refractivity (Wildman–Crippen MR) is 130 cm³/mol. The van der Waals surface area contributed by atoms with Crippen molar-refractivity contribution in [2.24, 2.45) is 0 Å². The number of nitrogens with zero attached hydrogens (tertiary/aromatic N) is 1. The van der Waals surface area contributed by atoms with Crippen LogP contribution in [-0.2, 0) is 11.8 Å². The zero-order valence-electron chi connectivity index (χ0n) is 19.9. The van der Waals surface area contributed by atoms with Gasteiger partial charge < -0.3 is 10.6 Å². The maximum atomic E-state index is 14.5. The lowest BCUT2D eigenvalue weighted by Gasteiger charge is -2.31. The van der Waals surface area contributed by atoms with Gasteiger partial charge in [-0.25, -0.2) is 9.37 Å². The minimum absolute atomic E-state index is 0.0104. The van der Waals surface area contributed by atoms with Crippen molar-refractivity contribution >= 4 is 45.0 Å². The Kier molecular flexibility index (Phi) is 8.71. The Bertz CT molecular complexity index is 1490. The molecular formula is C24H13BrClF10N3O2. The van der Waals surface area contributed by atoms with Gasteiger partial charge in [0.15, 0.2) is 0 Å². The maximum absolute atomic E-state index is 14.5. The van der Waals surface area contributed by atoms with Crippen LogP contribution in [0.1, 0.15) is 31.8 Å². The zero-order valence-corrected chi connectivity index (χ0v) is 22.3. The van der Waals surface area contributed by atoms with Gasteiger partial charge in [-0.2, -0.15) is 39.5 Å². The van der Waals surface area contributed by atoms with Crippen LogP contribution in [0.25, 0.3) is 11.3 Å². The molecule has 0 fully saturated rings. The van der Waals surface area contributed by atoms with E-state index in [1.807, 2.05) is 0 Å². The average molecular weight is 681 g/mol. The molecule has 0 aliphatic rings. The van der Waals surface area contributed by atoms with E-state index in [4.69, 9.17) is 11.6 Å². The fraction of sp³-hybridized carbons (Fsp3) is 0.208. The minimum atomic E-state index is -6.68. The highest BCUT2D eigenvalue weighted by Crippen LogP contribution is 2.55. The molecule has 0 atom stereocenters. The second kappa shape index (κ2) is 11.1. The fourth-order valence-corrected chi connectivity index (χ4v) is 4.32. The molecule has 0 radical (unpaired) electrons. The molecule has 1 aromatic heterocycles. The summed E-state index contributed by atoms with van der Waals surface area (Å²) in [4.78, 5) is 29.2. The molecule has 1 heterocycles. The number of anilines is 1. The molecule has 5 nitrogen and oxygen atoms in total. The molecule has 0 aliphatic carbocycles. The summed E-state index contributed by atoms with van der Waals surface area (Å²) in [7, 11) is 1.32. The van der Waals surface area contributed by atoms with Gasteiger partial charge in [0.25, 0.3) is 11.8 Å². The van der Waals surface area contributed by atoms with E-state index < -0.39 is 63.4 Å². The lowest BCUT2D eigenvalue weighted by molar-refractivity contribution is -0.348. The van der Waals surface area contributed by atoms with Crippen LogP contribution in [-0.4, -0.2) is 36.2 Å². The first-order valence-electron chi connectivity index (χ1n) is 10.8.